The van der Waals surface area contributed by atoms with Gasteiger partial charge < -0.3 is 10.1 Å². The van der Waals surface area contributed by atoms with E-state index >= 15 is 0 Å². The fraction of sp³-hybridized carbons (Fsp3) is 0.273. The van der Waals surface area contributed by atoms with Crippen LogP contribution in [0.1, 0.15) is 25.8 Å². The van der Waals surface area contributed by atoms with Gasteiger partial charge in [-0.25, -0.2) is 9.83 Å². The number of benzene rings is 2. The van der Waals surface area contributed by atoms with Gasteiger partial charge in [-0.05, 0) is 44.0 Å². The average Bonchev–Trinajstić information content (AvgIpc) is 3.06. The van der Waals surface area contributed by atoms with Crippen molar-refractivity contribution in [3.63, 3.8) is 0 Å². The Morgan fingerprint density at radius 3 is 2.48 bits per heavy atom. The SMILES string of the molecule is [C-]#[N+]c1ccc(-c2ccc3nc(CC(=O)NCC(=O)OC(C)(C)C)sc3c2)cc1. The molecule has 29 heavy (non-hydrogen) atoms. The average molecular weight is 407 g/mol. The number of hydrogen-bond acceptors (Lipinski definition) is 5. The van der Waals surface area contributed by atoms with Gasteiger partial charge in [-0.1, -0.05) is 30.3 Å². The highest BCUT2D eigenvalue weighted by molar-refractivity contribution is 7.18. The summed E-state index contributed by atoms with van der Waals surface area (Å²) < 4.78 is 6.15. The maximum absolute atomic E-state index is 12.1. The Labute approximate surface area is 173 Å². The standard InChI is InChI=1S/C22H21N3O3S/c1-22(2,3)28-21(27)13-24-19(26)12-20-25-17-10-7-15(11-18(17)29-20)14-5-8-16(23-4)9-6-14/h5-11H,12-13H2,1-3H3,(H,24,26). The third-order valence-electron chi connectivity index (χ3n) is 3.92. The summed E-state index contributed by atoms with van der Waals surface area (Å²) in [6, 6.07) is 13.3. The molecule has 0 saturated heterocycles. The minimum absolute atomic E-state index is 0.108. The van der Waals surface area contributed by atoms with Gasteiger partial charge in [-0.3, -0.25) is 9.59 Å². The lowest BCUT2D eigenvalue weighted by molar-refractivity contribution is -0.154. The Balaban J connectivity index is 1.66. The molecule has 3 rings (SSSR count). The quantitative estimate of drug-likeness (QED) is 0.499. The lowest BCUT2D eigenvalue weighted by atomic mass is 10.1. The summed E-state index contributed by atoms with van der Waals surface area (Å²) in [6.45, 7) is 12.2. The predicted octanol–water partition coefficient (Wildman–Crippen LogP) is 4.51. The Kier molecular flexibility index (Phi) is 5.95. The van der Waals surface area contributed by atoms with Gasteiger partial charge in [0.15, 0.2) is 5.69 Å². The molecule has 1 amide bonds. The first kappa shape index (κ1) is 20.5. The van der Waals surface area contributed by atoms with Crippen LogP contribution in [-0.4, -0.2) is 29.0 Å². The lowest BCUT2D eigenvalue weighted by Gasteiger charge is -2.19. The van der Waals surface area contributed by atoms with E-state index in [2.05, 4.69) is 15.1 Å². The number of amides is 1. The maximum atomic E-state index is 12.1. The van der Waals surface area contributed by atoms with E-state index in [4.69, 9.17) is 11.3 Å². The third-order valence-corrected chi connectivity index (χ3v) is 4.94. The third kappa shape index (κ3) is 5.62. The van der Waals surface area contributed by atoms with Crippen molar-refractivity contribution < 1.29 is 14.3 Å². The van der Waals surface area contributed by atoms with Crippen LogP contribution in [0.25, 0.3) is 26.2 Å². The normalized spacial score (nSPS) is 11.1. The summed E-state index contributed by atoms with van der Waals surface area (Å²) >= 11 is 1.45. The van der Waals surface area contributed by atoms with Crippen LogP contribution >= 0.6 is 11.3 Å². The van der Waals surface area contributed by atoms with Crippen LogP contribution < -0.4 is 5.32 Å². The molecule has 0 atom stereocenters. The van der Waals surface area contributed by atoms with E-state index in [0.29, 0.717) is 10.7 Å². The fourth-order valence-electron chi connectivity index (χ4n) is 2.70. The number of carbonyl (C=O) groups is 2. The molecular formula is C22H21N3O3S. The van der Waals surface area contributed by atoms with E-state index in [1.807, 2.05) is 30.3 Å². The van der Waals surface area contributed by atoms with Crippen molar-refractivity contribution in [1.82, 2.24) is 10.3 Å². The molecule has 3 aromatic rings. The molecule has 0 aliphatic rings. The van der Waals surface area contributed by atoms with E-state index in [1.54, 1.807) is 32.9 Å². The van der Waals surface area contributed by atoms with E-state index in [-0.39, 0.29) is 18.9 Å². The van der Waals surface area contributed by atoms with E-state index < -0.39 is 11.6 Å². The number of aromatic nitrogens is 1. The second-order valence-corrected chi connectivity index (χ2v) is 8.60. The largest absolute Gasteiger partial charge is 0.459 e. The van der Waals surface area contributed by atoms with Gasteiger partial charge in [0.25, 0.3) is 0 Å². The number of esters is 1. The van der Waals surface area contributed by atoms with Crippen molar-refractivity contribution >= 4 is 39.1 Å². The summed E-state index contributed by atoms with van der Waals surface area (Å²) in [7, 11) is 0. The van der Waals surface area contributed by atoms with Gasteiger partial charge in [0.1, 0.15) is 17.2 Å². The first-order chi connectivity index (χ1) is 13.7. The van der Waals surface area contributed by atoms with Gasteiger partial charge >= 0.3 is 5.97 Å². The molecule has 0 aliphatic carbocycles. The van der Waals surface area contributed by atoms with E-state index in [9.17, 15) is 9.59 Å². The van der Waals surface area contributed by atoms with Gasteiger partial charge in [0, 0.05) is 0 Å². The van der Waals surface area contributed by atoms with Crippen molar-refractivity contribution in [2.24, 2.45) is 0 Å². The number of thiazole rings is 1. The zero-order valence-electron chi connectivity index (χ0n) is 16.5. The van der Waals surface area contributed by atoms with Crippen LogP contribution in [0.15, 0.2) is 42.5 Å². The summed E-state index contributed by atoms with van der Waals surface area (Å²) in [5.74, 6) is -0.742. The smallest absolute Gasteiger partial charge is 0.325 e. The molecule has 0 bridgehead atoms. The Morgan fingerprint density at radius 2 is 1.83 bits per heavy atom. The maximum Gasteiger partial charge on any atom is 0.325 e. The molecule has 2 aromatic carbocycles. The Bertz CT molecular complexity index is 1090. The van der Waals surface area contributed by atoms with Crippen molar-refractivity contribution in [2.75, 3.05) is 6.54 Å². The number of nitrogens with one attached hydrogen (secondary N) is 1. The molecule has 0 fully saturated rings. The number of ether oxygens (including phenoxy) is 1. The molecule has 0 radical (unpaired) electrons. The number of fused-ring (bicyclic) bond motifs is 1. The zero-order chi connectivity index (χ0) is 21.0. The fourth-order valence-corrected chi connectivity index (χ4v) is 3.71. The highest BCUT2D eigenvalue weighted by atomic mass is 32.1. The molecule has 0 spiro atoms. The Morgan fingerprint density at radius 1 is 1.14 bits per heavy atom. The van der Waals surface area contributed by atoms with Crippen molar-refractivity contribution in [1.29, 1.82) is 0 Å². The van der Waals surface area contributed by atoms with Crippen LogP contribution in [0.3, 0.4) is 0 Å². The summed E-state index contributed by atoms with van der Waals surface area (Å²) in [5, 5.41) is 3.26. The van der Waals surface area contributed by atoms with Crippen molar-refractivity contribution in [2.45, 2.75) is 32.8 Å². The molecule has 0 aliphatic heterocycles. The molecule has 6 nitrogen and oxygen atoms in total. The van der Waals surface area contributed by atoms with Crippen LogP contribution in [0.4, 0.5) is 5.69 Å². The number of nitrogens with zero attached hydrogens (tertiary/aromatic N) is 2. The molecule has 1 N–H and O–H groups in total. The summed E-state index contributed by atoms with van der Waals surface area (Å²) in [6.07, 6.45) is 0.108. The molecular weight excluding hydrogens is 386 g/mol. The van der Waals surface area contributed by atoms with Gasteiger partial charge in [0.05, 0.1) is 23.2 Å². The number of hydrogen-bond donors (Lipinski definition) is 1. The van der Waals surface area contributed by atoms with E-state index in [1.165, 1.54) is 11.3 Å². The topological polar surface area (TPSA) is 72.7 Å². The van der Waals surface area contributed by atoms with Crippen LogP contribution in [-0.2, 0) is 20.7 Å². The van der Waals surface area contributed by atoms with Gasteiger partial charge in [-0.2, -0.15) is 0 Å². The first-order valence-corrected chi connectivity index (χ1v) is 9.91. The highest BCUT2D eigenvalue weighted by Crippen LogP contribution is 2.29. The second-order valence-electron chi connectivity index (χ2n) is 7.49. The van der Waals surface area contributed by atoms with Crippen molar-refractivity contribution in [3.05, 3.63) is 58.9 Å². The predicted molar refractivity (Wildman–Crippen MR) is 114 cm³/mol. The van der Waals surface area contributed by atoms with Gasteiger partial charge in [0.2, 0.25) is 5.91 Å². The van der Waals surface area contributed by atoms with Crippen LogP contribution in [0.5, 0.6) is 0 Å². The summed E-state index contributed by atoms with van der Waals surface area (Å²) in [4.78, 5) is 31.7. The minimum atomic E-state index is -0.581. The minimum Gasteiger partial charge on any atom is -0.459 e. The molecule has 0 unspecified atom stereocenters. The Hall–Kier alpha value is -3.24. The molecule has 1 heterocycles. The number of rotatable bonds is 5. The molecule has 7 heteroatoms. The van der Waals surface area contributed by atoms with Crippen LogP contribution in [0.2, 0.25) is 0 Å². The lowest BCUT2D eigenvalue weighted by Crippen LogP contribution is -2.35. The highest BCUT2D eigenvalue weighted by Gasteiger charge is 2.17. The van der Waals surface area contributed by atoms with Crippen LogP contribution in [0, 0.1) is 6.57 Å². The second kappa shape index (κ2) is 8.41. The van der Waals surface area contributed by atoms with E-state index in [0.717, 1.165) is 21.3 Å². The molecule has 148 valence electrons. The molecule has 1 aromatic heterocycles. The zero-order valence-corrected chi connectivity index (χ0v) is 17.3. The molecule has 0 saturated carbocycles. The van der Waals surface area contributed by atoms with Crippen molar-refractivity contribution in [3.8, 4) is 11.1 Å². The number of carbonyl (C=O) groups excluding carboxylic acids is 2. The summed E-state index contributed by atoms with van der Waals surface area (Å²) in [5.41, 5.74) is 2.89. The monoisotopic (exact) mass is 407 g/mol. The van der Waals surface area contributed by atoms with Gasteiger partial charge in [-0.15, -0.1) is 11.3 Å². The first-order valence-electron chi connectivity index (χ1n) is 9.09.